The fraction of sp³-hybridized carbons (Fsp3) is 0.300. The van der Waals surface area contributed by atoms with Crippen LogP contribution in [0, 0.1) is 0 Å². The molecule has 0 saturated carbocycles. The molecule has 0 aliphatic heterocycles. The first kappa shape index (κ1) is 19.3. The van der Waals surface area contributed by atoms with Gasteiger partial charge in [-0.25, -0.2) is 0 Å². The van der Waals surface area contributed by atoms with E-state index in [0.717, 1.165) is 0 Å². The second kappa shape index (κ2) is 8.89. The Morgan fingerprint density at radius 1 is 0.731 bits per heavy atom. The monoisotopic (exact) mass is 358 g/mol. The minimum absolute atomic E-state index is 0.117. The molecule has 0 fully saturated rings. The van der Waals surface area contributed by atoms with Gasteiger partial charge in [0, 0.05) is 0 Å². The van der Waals surface area contributed by atoms with E-state index in [1.54, 1.807) is 36.4 Å². The minimum Gasteiger partial charge on any atom is -0.497 e. The van der Waals surface area contributed by atoms with Crippen molar-refractivity contribution >= 4 is 11.6 Å². The number of carbonyl (C=O) groups is 2. The Kier molecular flexibility index (Phi) is 6.60. The van der Waals surface area contributed by atoms with Gasteiger partial charge in [0.1, 0.15) is 36.2 Å². The van der Waals surface area contributed by atoms with Crippen LogP contribution in [0.25, 0.3) is 0 Å². The molecule has 26 heavy (non-hydrogen) atoms. The lowest BCUT2D eigenvalue weighted by atomic mass is 10.1. The van der Waals surface area contributed by atoms with Gasteiger partial charge in [-0.2, -0.15) is 0 Å². The zero-order valence-corrected chi connectivity index (χ0v) is 15.3. The van der Waals surface area contributed by atoms with Gasteiger partial charge in [-0.3, -0.25) is 9.59 Å². The highest BCUT2D eigenvalue weighted by atomic mass is 16.5. The number of methoxy groups -OCH3 is 2. The number of Topliss-reactive ketones (excluding diaryl/α,β-unsaturated/α-hetero) is 2. The molecule has 0 bridgehead atoms. The van der Waals surface area contributed by atoms with Gasteiger partial charge in [0.15, 0.2) is 11.6 Å². The number of hydrogen-bond donors (Lipinski definition) is 0. The molecule has 2 rings (SSSR count). The van der Waals surface area contributed by atoms with Crippen LogP contribution in [0.2, 0.25) is 0 Å². The van der Waals surface area contributed by atoms with E-state index < -0.39 is 0 Å². The molecule has 0 amide bonds. The summed E-state index contributed by atoms with van der Waals surface area (Å²) in [6.45, 7) is 3.37. The Morgan fingerprint density at radius 3 is 1.42 bits per heavy atom. The standard InChI is InChI=1S/C20H22O6/c1-13(21)17-11-15(23-3)5-7-19(17)25-9-10-26-20-8-6-16(24-4)12-18(20)14(2)22/h5-8,11-12H,9-10H2,1-4H3. The summed E-state index contributed by atoms with van der Waals surface area (Å²) < 4.78 is 21.6. The van der Waals surface area contributed by atoms with Gasteiger partial charge in [-0.05, 0) is 50.2 Å². The lowest BCUT2D eigenvalue weighted by Crippen LogP contribution is -2.12. The van der Waals surface area contributed by atoms with E-state index in [1.807, 2.05) is 0 Å². The fourth-order valence-corrected chi connectivity index (χ4v) is 2.38. The number of ketones is 2. The molecule has 0 saturated heterocycles. The Morgan fingerprint density at radius 2 is 1.12 bits per heavy atom. The van der Waals surface area contributed by atoms with E-state index >= 15 is 0 Å². The molecule has 6 nitrogen and oxygen atoms in total. The maximum absolute atomic E-state index is 11.8. The first-order chi connectivity index (χ1) is 12.5. The molecule has 2 aromatic rings. The Balaban J connectivity index is 2.01. The Bertz CT molecular complexity index is 729. The van der Waals surface area contributed by atoms with E-state index in [2.05, 4.69) is 0 Å². The van der Waals surface area contributed by atoms with E-state index in [1.165, 1.54) is 28.1 Å². The average Bonchev–Trinajstić information content (AvgIpc) is 2.64. The van der Waals surface area contributed by atoms with Crippen LogP contribution in [-0.2, 0) is 0 Å². The smallest absolute Gasteiger partial charge is 0.163 e. The molecule has 0 unspecified atom stereocenters. The lowest BCUT2D eigenvalue weighted by Gasteiger charge is -2.13. The number of rotatable bonds is 9. The summed E-state index contributed by atoms with van der Waals surface area (Å²) in [4.78, 5) is 23.5. The van der Waals surface area contributed by atoms with Crippen molar-refractivity contribution in [3.05, 3.63) is 47.5 Å². The van der Waals surface area contributed by atoms with Gasteiger partial charge in [0.05, 0.1) is 25.3 Å². The highest BCUT2D eigenvalue weighted by Gasteiger charge is 2.12. The molecule has 0 radical (unpaired) electrons. The van der Waals surface area contributed by atoms with Crippen LogP contribution >= 0.6 is 0 Å². The summed E-state index contributed by atoms with van der Waals surface area (Å²) in [6.07, 6.45) is 0. The van der Waals surface area contributed by atoms with Crippen LogP contribution in [-0.4, -0.2) is 39.0 Å². The SMILES string of the molecule is COc1ccc(OCCOc2ccc(OC)cc2C(C)=O)c(C(C)=O)c1. The van der Waals surface area contributed by atoms with Crippen molar-refractivity contribution in [2.75, 3.05) is 27.4 Å². The quantitative estimate of drug-likeness (QED) is 0.504. The molecule has 0 aliphatic rings. The van der Waals surface area contributed by atoms with Gasteiger partial charge in [-0.1, -0.05) is 0 Å². The van der Waals surface area contributed by atoms with E-state index in [4.69, 9.17) is 18.9 Å². The number of ether oxygens (including phenoxy) is 4. The third-order valence-electron chi connectivity index (χ3n) is 3.73. The molecule has 0 atom stereocenters. The summed E-state index contributed by atoms with van der Waals surface area (Å²) in [6, 6.07) is 10.1. The maximum Gasteiger partial charge on any atom is 0.163 e. The largest absolute Gasteiger partial charge is 0.497 e. The normalized spacial score (nSPS) is 10.2. The van der Waals surface area contributed by atoms with Crippen molar-refractivity contribution in [2.24, 2.45) is 0 Å². The van der Waals surface area contributed by atoms with Crippen LogP contribution in [0.4, 0.5) is 0 Å². The maximum atomic E-state index is 11.8. The van der Waals surface area contributed by atoms with Crippen molar-refractivity contribution in [3.8, 4) is 23.0 Å². The number of hydrogen-bond acceptors (Lipinski definition) is 6. The topological polar surface area (TPSA) is 71.1 Å². The van der Waals surface area contributed by atoms with Crippen LogP contribution < -0.4 is 18.9 Å². The summed E-state index contributed by atoms with van der Waals surface area (Å²) in [5, 5.41) is 0. The molecule has 0 aliphatic carbocycles. The molecule has 0 spiro atoms. The highest BCUT2D eigenvalue weighted by Crippen LogP contribution is 2.26. The van der Waals surface area contributed by atoms with Crippen molar-refractivity contribution < 1.29 is 28.5 Å². The van der Waals surface area contributed by atoms with Gasteiger partial charge < -0.3 is 18.9 Å². The fourth-order valence-electron chi connectivity index (χ4n) is 2.38. The zero-order valence-electron chi connectivity index (χ0n) is 15.3. The third-order valence-corrected chi connectivity index (χ3v) is 3.73. The van der Waals surface area contributed by atoms with Gasteiger partial charge in [-0.15, -0.1) is 0 Å². The van der Waals surface area contributed by atoms with Crippen LogP contribution in [0.3, 0.4) is 0 Å². The molecule has 138 valence electrons. The Hall–Kier alpha value is -3.02. The Labute approximate surface area is 152 Å². The molecule has 2 aromatic carbocycles. The molecular weight excluding hydrogens is 336 g/mol. The first-order valence-electron chi connectivity index (χ1n) is 8.09. The van der Waals surface area contributed by atoms with E-state index in [9.17, 15) is 9.59 Å². The predicted molar refractivity (Wildman–Crippen MR) is 97.0 cm³/mol. The van der Waals surface area contributed by atoms with E-state index in [-0.39, 0.29) is 24.8 Å². The first-order valence-corrected chi connectivity index (χ1v) is 8.09. The molecule has 0 heterocycles. The van der Waals surface area contributed by atoms with Gasteiger partial charge in [0.25, 0.3) is 0 Å². The van der Waals surface area contributed by atoms with Crippen molar-refractivity contribution in [1.82, 2.24) is 0 Å². The molecule has 6 heteroatoms. The van der Waals surface area contributed by atoms with Gasteiger partial charge >= 0.3 is 0 Å². The van der Waals surface area contributed by atoms with Crippen LogP contribution in [0.1, 0.15) is 34.6 Å². The molecule has 0 aromatic heterocycles. The van der Waals surface area contributed by atoms with Crippen molar-refractivity contribution in [1.29, 1.82) is 0 Å². The number of carbonyl (C=O) groups excluding carboxylic acids is 2. The van der Waals surface area contributed by atoms with Crippen LogP contribution in [0.5, 0.6) is 23.0 Å². The second-order valence-corrected chi connectivity index (χ2v) is 5.53. The predicted octanol–water partition coefficient (Wildman–Crippen LogP) is 3.57. The summed E-state index contributed by atoms with van der Waals surface area (Å²) >= 11 is 0. The zero-order chi connectivity index (χ0) is 19.1. The molecular formula is C20H22O6. The van der Waals surface area contributed by atoms with Crippen molar-refractivity contribution in [2.45, 2.75) is 13.8 Å². The average molecular weight is 358 g/mol. The minimum atomic E-state index is -0.117. The van der Waals surface area contributed by atoms with Crippen LogP contribution in [0.15, 0.2) is 36.4 Å². The number of benzene rings is 2. The molecule has 0 N–H and O–H groups in total. The summed E-state index contributed by atoms with van der Waals surface area (Å²) in [5.74, 6) is 1.86. The summed E-state index contributed by atoms with van der Waals surface area (Å²) in [5.41, 5.74) is 0.886. The lowest BCUT2D eigenvalue weighted by molar-refractivity contribution is 0.0996. The van der Waals surface area contributed by atoms with Crippen molar-refractivity contribution in [3.63, 3.8) is 0 Å². The van der Waals surface area contributed by atoms with Gasteiger partial charge in [0.2, 0.25) is 0 Å². The third kappa shape index (κ3) is 4.75. The summed E-state index contributed by atoms with van der Waals surface area (Å²) in [7, 11) is 3.07. The van der Waals surface area contributed by atoms with E-state index in [0.29, 0.717) is 34.1 Å². The highest BCUT2D eigenvalue weighted by molar-refractivity contribution is 5.97. The second-order valence-electron chi connectivity index (χ2n) is 5.53.